The first-order valence-electron chi connectivity index (χ1n) is 8.79. The fraction of sp³-hybridized carbons (Fsp3) is 0.182. The first kappa shape index (κ1) is 15.1. The van der Waals surface area contributed by atoms with Crippen LogP contribution >= 0.6 is 0 Å². The number of aromatic nitrogens is 3. The van der Waals surface area contributed by atoms with Crippen molar-refractivity contribution >= 4 is 33.1 Å². The molecule has 0 fully saturated rings. The normalized spacial score (nSPS) is 11.8. The second-order valence-electron chi connectivity index (χ2n) is 6.97. The lowest BCUT2D eigenvalue weighted by molar-refractivity contribution is -0.634. The van der Waals surface area contributed by atoms with Gasteiger partial charge in [0.2, 0.25) is 5.71 Å². The third kappa shape index (κ3) is 1.90. The number of benzene rings is 2. The van der Waals surface area contributed by atoms with E-state index in [9.17, 15) is 0 Å². The van der Waals surface area contributed by atoms with Crippen LogP contribution in [0.2, 0.25) is 0 Å². The molecule has 0 saturated carbocycles. The van der Waals surface area contributed by atoms with Crippen LogP contribution in [0.3, 0.4) is 0 Å². The molecule has 0 amide bonds. The van der Waals surface area contributed by atoms with E-state index in [0.29, 0.717) is 5.71 Å². The maximum absolute atomic E-state index is 6.27. The van der Waals surface area contributed by atoms with Crippen LogP contribution in [0.5, 0.6) is 0 Å². The van der Waals surface area contributed by atoms with Crippen molar-refractivity contribution in [3.05, 3.63) is 59.8 Å². The van der Waals surface area contributed by atoms with E-state index in [1.165, 1.54) is 16.6 Å². The summed E-state index contributed by atoms with van der Waals surface area (Å²) < 4.78 is 10.7. The van der Waals surface area contributed by atoms with Crippen molar-refractivity contribution in [3.63, 3.8) is 0 Å². The van der Waals surface area contributed by atoms with E-state index in [4.69, 9.17) is 4.42 Å². The highest BCUT2D eigenvalue weighted by atomic mass is 16.3. The van der Waals surface area contributed by atoms with E-state index in [1.807, 2.05) is 13.0 Å². The van der Waals surface area contributed by atoms with E-state index in [1.54, 1.807) is 0 Å². The van der Waals surface area contributed by atoms with Gasteiger partial charge in [-0.2, -0.15) is 0 Å². The quantitative estimate of drug-likeness (QED) is 0.418. The van der Waals surface area contributed by atoms with Crippen molar-refractivity contribution in [2.45, 2.75) is 13.8 Å². The number of aryl methyl sites for hydroxylation is 4. The van der Waals surface area contributed by atoms with Gasteiger partial charge in [0.15, 0.2) is 16.6 Å². The molecule has 26 heavy (non-hydrogen) atoms. The Kier molecular flexibility index (Phi) is 3.02. The minimum atomic E-state index is 0.702. The predicted octanol–water partition coefficient (Wildman–Crippen LogP) is 4.58. The van der Waals surface area contributed by atoms with Crippen LogP contribution < -0.4 is 4.57 Å². The molecule has 0 bridgehead atoms. The predicted molar refractivity (Wildman–Crippen MR) is 104 cm³/mol. The van der Waals surface area contributed by atoms with Gasteiger partial charge in [0, 0.05) is 16.5 Å². The molecule has 0 unspecified atom stereocenters. The molecule has 2 aromatic carbocycles. The Morgan fingerprint density at radius 1 is 0.962 bits per heavy atom. The third-order valence-corrected chi connectivity index (χ3v) is 5.32. The molecule has 0 spiro atoms. The number of nitrogens with zero attached hydrogens (tertiary/aromatic N) is 3. The Bertz CT molecular complexity index is 1290. The highest BCUT2D eigenvalue weighted by Crippen LogP contribution is 2.37. The van der Waals surface area contributed by atoms with Crippen LogP contribution in [0.15, 0.2) is 52.9 Å². The molecule has 0 aliphatic heterocycles. The van der Waals surface area contributed by atoms with Crippen molar-refractivity contribution < 1.29 is 8.98 Å². The van der Waals surface area contributed by atoms with Gasteiger partial charge in [-0.1, -0.05) is 24.3 Å². The van der Waals surface area contributed by atoms with Gasteiger partial charge in [-0.3, -0.25) is 0 Å². The molecular weight excluding hydrogens is 322 g/mol. The van der Waals surface area contributed by atoms with Gasteiger partial charge in [-0.05, 0) is 43.7 Å². The lowest BCUT2D eigenvalue weighted by atomic mass is 10.0. The molecule has 0 atom stereocenters. The van der Waals surface area contributed by atoms with Crippen LogP contribution in [0.1, 0.15) is 11.3 Å². The van der Waals surface area contributed by atoms with Crippen LogP contribution in [0.4, 0.5) is 0 Å². The number of imidazole rings is 1. The molecule has 3 heterocycles. The molecule has 0 N–H and O–H groups in total. The van der Waals surface area contributed by atoms with Crippen molar-refractivity contribution in [1.82, 2.24) is 9.55 Å². The first-order valence-corrected chi connectivity index (χ1v) is 8.79. The monoisotopic (exact) mass is 342 g/mol. The minimum Gasteiger partial charge on any atom is -0.437 e. The van der Waals surface area contributed by atoms with Crippen molar-refractivity contribution in [1.29, 1.82) is 0 Å². The summed E-state index contributed by atoms with van der Waals surface area (Å²) in [5, 5.41) is 2.17. The average molecular weight is 342 g/mol. The van der Waals surface area contributed by atoms with E-state index in [2.05, 4.69) is 77.6 Å². The zero-order valence-electron chi connectivity index (χ0n) is 15.4. The first-order chi connectivity index (χ1) is 12.6. The number of hydrogen-bond acceptors (Lipinski definition) is 2. The van der Waals surface area contributed by atoms with E-state index in [-0.39, 0.29) is 0 Å². The molecule has 0 saturated heterocycles. The SMILES string of the molecule is Cc1ccc2c(n1)oc1c(-c3n(C)c4ccccc4[n+]3C)c(C)ccc12. The molecule has 0 aliphatic carbocycles. The van der Waals surface area contributed by atoms with E-state index < -0.39 is 0 Å². The average Bonchev–Trinajstić information content (AvgIpc) is 3.11. The Balaban J connectivity index is 1.96. The second-order valence-corrected chi connectivity index (χ2v) is 6.97. The minimum absolute atomic E-state index is 0.702. The maximum Gasteiger partial charge on any atom is 0.293 e. The fourth-order valence-corrected chi connectivity index (χ4v) is 4.01. The van der Waals surface area contributed by atoms with Gasteiger partial charge in [-0.15, -0.1) is 0 Å². The largest absolute Gasteiger partial charge is 0.437 e. The Morgan fingerprint density at radius 3 is 2.54 bits per heavy atom. The molecule has 3 aromatic heterocycles. The Hall–Kier alpha value is -3.14. The van der Waals surface area contributed by atoms with Crippen molar-refractivity contribution in [3.8, 4) is 11.4 Å². The molecule has 0 radical (unpaired) electrons. The lowest BCUT2D eigenvalue weighted by Crippen LogP contribution is -2.30. The molecule has 4 heteroatoms. The number of hydrogen-bond donors (Lipinski definition) is 0. The number of para-hydroxylation sites is 2. The summed E-state index contributed by atoms with van der Waals surface area (Å²) in [6, 6.07) is 16.9. The van der Waals surface area contributed by atoms with Gasteiger partial charge >= 0.3 is 0 Å². The number of pyridine rings is 1. The second kappa shape index (κ2) is 5.18. The standard InChI is InChI=1S/C22H20N3O/c1-13-9-11-15-16-12-10-14(2)23-21(16)26-20(15)19(13)22-24(3)17-7-5-6-8-18(17)25(22)4/h5-12H,1-4H3/q+1. The number of furan rings is 1. The summed E-state index contributed by atoms with van der Waals surface area (Å²) in [6.07, 6.45) is 0. The summed E-state index contributed by atoms with van der Waals surface area (Å²) in [7, 11) is 4.22. The summed E-state index contributed by atoms with van der Waals surface area (Å²) in [5.74, 6) is 1.13. The molecule has 4 nitrogen and oxygen atoms in total. The smallest absolute Gasteiger partial charge is 0.293 e. The van der Waals surface area contributed by atoms with Gasteiger partial charge in [-0.25, -0.2) is 14.1 Å². The topological polar surface area (TPSA) is 34.8 Å². The summed E-state index contributed by atoms with van der Waals surface area (Å²) in [5.41, 5.74) is 7.28. The lowest BCUT2D eigenvalue weighted by Gasteiger charge is -2.04. The molecule has 0 aliphatic rings. The van der Waals surface area contributed by atoms with Gasteiger partial charge in [0.1, 0.15) is 5.56 Å². The van der Waals surface area contributed by atoms with Gasteiger partial charge in [0.05, 0.1) is 14.1 Å². The Morgan fingerprint density at radius 2 is 1.73 bits per heavy atom. The maximum atomic E-state index is 6.27. The summed E-state index contributed by atoms with van der Waals surface area (Å²) >= 11 is 0. The molecule has 128 valence electrons. The van der Waals surface area contributed by atoms with Crippen LogP contribution in [-0.4, -0.2) is 9.55 Å². The van der Waals surface area contributed by atoms with Crippen LogP contribution in [-0.2, 0) is 14.1 Å². The van der Waals surface area contributed by atoms with Crippen LogP contribution in [0, 0.1) is 13.8 Å². The van der Waals surface area contributed by atoms with Crippen LogP contribution in [0.25, 0.3) is 44.5 Å². The number of fused-ring (bicyclic) bond motifs is 4. The van der Waals surface area contributed by atoms with E-state index >= 15 is 0 Å². The summed E-state index contributed by atoms with van der Waals surface area (Å²) in [6.45, 7) is 4.13. The van der Waals surface area contributed by atoms with Gasteiger partial charge in [0.25, 0.3) is 5.82 Å². The van der Waals surface area contributed by atoms with Gasteiger partial charge < -0.3 is 4.42 Å². The zero-order chi connectivity index (χ0) is 18.0. The van der Waals surface area contributed by atoms with E-state index in [0.717, 1.165) is 33.4 Å². The fourth-order valence-electron chi connectivity index (χ4n) is 4.01. The highest BCUT2D eigenvalue weighted by molar-refractivity contribution is 6.08. The molecule has 5 rings (SSSR count). The Labute approximate surface area is 151 Å². The summed E-state index contributed by atoms with van der Waals surface area (Å²) in [4.78, 5) is 4.58. The molecular formula is C22H20N3O+. The zero-order valence-corrected chi connectivity index (χ0v) is 15.4. The highest BCUT2D eigenvalue weighted by Gasteiger charge is 2.27. The number of rotatable bonds is 1. The third-order valence-electron chi connectivity index (χ3n) is 5.32. The van der Waals surface area contributed by atoms with Crippen molar-refractivity contribution in [2.24, 2.45) is 14.1 Å². The van der Waals surface area contributed by atoms with Crippen molar-refractivity contribution in [2.75, 3.05) is 0 Å². The molecule has 5 aromatic rings.